The van der Waals surface area contributed by atoms with Crippen LogP contribution in [0.3, 0.4) is 0 Å². The molecule has 1 atom stereocenters. The normalized spacial score (nSPS) is 16.5. The molecule has 2 amide bonds. The van der Waals surface area contributed by atoms with Gasteiger partial charge in [0.2, 0.25) is 11.8 Å². The van der Waals surface area contributed by atoms with Gasteiger partial charge in [-0.25, -0.2) is 0 Å². The Kier molecular flexibility index (Phi) is 5.79. The van der Waals surface area contributed by atoms with Crippen LogP contribution in [0.2, 0.25) is 0 Å². The molecule has 2 aromatic rings. The maximum Gasteiger partial charge on any atom is 0.227 e. The summed E-state index contributed by atoms with van der Waals surface area (Å²) >= 11 is 0. The van der Waals surface area contributed by atoms with Crippen molar-refractivity contribution >= 4 is 17.5 Å². The molecule has 2 aromatic carbocycles. The molecule has 1 aliphatic heterocycles. The van der Waals surface area contributed by atoms with E-state index in [-0.39, 0.29) is 24.2 Å². The van der Waals surface area contributed by atoms with Crippen molar-refractivity contribution in [1.29, 1.82) is 0 Å². The number of ether oxygens (including phenoxy) is 1. The standard InChI is InChI=1S/C22H26N2O3/c1-4-17-7-5-6-15(2)21(17)24-14-18(12-20(24)25)22(26)23-13-16-8-10-19(27-3)11-9-16/h5-11,18H,4,12-14H2,1-3H3,(H,23,26). The van der Waals surface area contributed by atoms with E-state index in [1.54, 1.807) is 12.0 Å². The molecule has 27 heavy (non-hydrogen) atoms. The number of carbonyl (C=O) groups is 2. The minimum atomic E-state index is -0.319. The number of hydrogen-bond donors (Lipinski definition) is 1. The van der Waals surface area contributed by atoms with Gasteiger partial charge in [0.15, 0.2) is 0 Å². The van der Waals surface area contributed by atoms with E-state index in [2.05, 4.69) is 12.2 Å². The second-order valence-corrected chi connectivity index (χ2v) is 6.91. The number of para-hydroxylation sites is 1. The van der Waals surface area contributed by atoms with E-state index in [1.807, 2.05) is 49.4 Å². The zero-order chi connectivity index (χ0) is 19.4. The highest BCUT2D eigenvalue weighted by Crippen LogP contribution is 2.31. The third kappa shape index (κ3) is 4.13. The zero-order valence-corrected chi connectivity index (χ0v) is 16.1. The van der Waals surface area contributed by atoms with E-state index in [9.17, 15) is 9.59 Å². The van der Waals surface area contributed by atoms with Gasteiger partial charge in [-0.15, -0.1) is 0 Å². The minimum Gasteiger partial charge on any atom is -0.497 e. The average molecular weight is 366 g/mol. The zero-order valence-electron chi connectivity index (χ0n) is 16.1. The number of methoxy groups -OCH3 is 1. The summed E-state index contributed by atoms with van der Waals surface area (Å²) in [5, 5.41) is 2.96. The Morgan fingerprint density at radius 3 is 2.63 bits per heavy atom. The lowest BCUT2D eigenvalue weighted by molar-refractivity contribution is -0.126. The second kappa shape index (κ2) is 8.25. The number of carbonyl (C=O) groups excluding carboxylic acids is 2. The second-order valence-electron chi connectivity index (χ2n) is 6.91. The van der Waals surface area contributed by atoms with Crippen LogP contribution in [0.5, 0.6) is 5.75 Å². The number of nitrogens with zero attached hydrogens (tertiary/aromatic N) is 1. The molecule has 0 spiro atoms. The number of aryl methyl sites for hydroxylation is 2. The van der Waals surface area contributed by atoms with Crippen molar-refractivity contribution in [2.75, 3.05) is 18.6 Å². The molecule has 1 unspecified atom stereocenters. The van der Waals surface area contributed by atoms with Crippen LogP contribution in [0.4, 0.5) is 5.69 Å². The third-order valence-electron chi connectivity index (χ3n) is 5.09. The summed E-state index contributed by atoms with van der Waals surface area (Å²) in [6, 6.07) is 13.7. The molecule has 1 fully saturated rings. The van der Waals surface area contributed by atoms with Crippen molar-refractivity contribution in [3.05, 3.63) is 59.2 Å². The molecule has 1 aliphatic rings. The average Bonchev–Trinajstić information content (AvgIpc) is 3.07. The van der Waals surface area contributed by atoms with Gasteiger partial charge in [0.05, 0.1) is 13.0 Å². The minimum absolute atomic E-state index is 0.0172. The van der Waals surface area contributed by atoms with Gasteiger partial charge in [-0.05, 0) is 42.2 Å². The Morgan fingerprint density at radius 1 is 1.22 bits per heavy atom. The third-order valence-corrected chi connectivity index (χ3v) is 5.09. The van der Waals surface area contributed by atoms with E-state index in [0.717, 1.165) is 34.5 Å². The maximum absolute atomic E-state index is 12.6. The molecule has 0 bridgehead atoms. The van der Waals surface area contributed by atoms with E-state index in [1.165, 1.54) is 0 Å². The van der Waals surface area contributed by atoms with E-state index >= 15 is 0 Å². The SMILES string of the molecule is CCc1cccc(C)c1N1CC(C(=O)NCc2ccc(OC)cc2)CC1=O. The molecule has 5 heteroatoms. The fourth-order valence-corrected chi connectivity index (χ4v) is 3.57. The number of nitrogens with one attached hydrogen (secondary N) is 1. The molecule has 5 nitrogen and oxygen atoms in total. The van der Waals surface area contributed by atoms with Crippen LogP contribution in [0.25, 0.3) is 0 Å². The molecule has 0 radical (unpaired) electrons. The first-order chi connectivity index (χ1) is 13.0. The fraction of sp³-hybridized carbons (Fsp3) is 0.364. The fourth-order valence-electron chi connectivity index (χ4n) is 3.57. The van der Waals surface area contributed by atoms with Gasteiger partial charge in [0.1, 0.15) is 5.75 Å². The summed E-state index contributed by atoms with van der Waals surface area (Å²) in [7, 11) is 1.62. The molecule has 3 rings (SSSR count). The van der Waals surface area contributed by atoms with Crippen molar-refractivity contribution in [3.63, 3.8) is 0 Å². The van der Waals surface area contributed by atoms with Crippen molar-refractivity contribution in [3.8, 4) is 5.75 Å². The monoisotopic (exact) mass is 366 g/mol. The van der Waals surface area contributed by atoms with Crippen LogP contribution in [0, 0.1) is 12.8 Å². The van der Waals surface area contributed by atoms with Crippen LogP contribution in [0.1, 0.15) is 30.0 Å². The molecular weight excluding hydrogens is 340 g/mol. The first-order valence-corrected chi connectivity index (χ1v) is 9.33. The highest BCUT2D eigenvalue weighted by molar-refractivity contribution is 6.01. The summed E-state index contributed by atoms with van der Waals surface area (Å²) < 4.78 is 5.14. The Morgan fingerprint density at radius 2 is 1.96 bits per heavy atom. The van der Waals surface area contributed by atoms with Crippen LogP contribution < -0.4 is 15.0 Å². The van der Waals surface area contributed by atoms with Gasteiger partial charge >= 0.3 is 0 Å². The summed E-state index contributed by atoms with van der Waals surface area (Å²) in [5.74, 6) is 0.407. The lowest BCUT2D eigenvalue weighted by Gasteiger charge is -2.22. The summed E-state index contributed by atoms with van der Waals surface area (Å²) in [5.41, 5.74) is 4.18. The maximum atomic E-state index is 12.6. The molecular formula is C22H26N2O3. The summed E-state index contributed by atoms with van der Waals surface area (Å²) in [6.07, 6.45) is 1.11. The Hall–Kier alpha value is -2.82. The first-order valence-electron chi connectivity index (χ1n) is 9.33. The summed E-state index contributed by atoms with van der Waals surface area (Å²) in [6.45, 7) is 4.97. The highest BCUT2D eigenvalue weighted by Gasteiger charge is 2.36. The molecule has 0 aliphatic carbocycles. The van der Waals surface area contributed by atoms with E-state index < -0.39 is 0 Å². The lowest BCUT2D eigenvalue weighted by Crippen LogP contribution is -2.33. The van der Waals surface area contributed by atoms with Crippen LogP contribution in [0.15, 0.2) is 42.5 Å². The lowest BCUT2D eigenvalue weighted by atomic mass is 10.0. The Balaban J connectivity index is 1.65. The molecule has 142 valence electrons. The number of hydrogen-bond acceptors (Lipinski definition) is 3. The van der Waals surface area contributed by atoms with Gasteiger partial charge < -0.3 is 15.0 Å². The predicted molar refractivity (Wildman–Crippen MR) is 106 cm³/mol. The van der Waals surface area contributed by atoms with E-state index in [0.29, 0.717) is 13.1 Å². The van der Waals surface area contributed by atoms with Crippen LogP contribution in [-0.4, -0.2) is 25.5 Å². The number of amides is 2. The molecule has 1 N–H and O–H groups in total. The number of benzene rings is 2. The molecule has 1 heterocycles. The molecule has 1 saturated heterocycles. The van der Waals surface area contributed by atoms with Gasteiger partial charge in [-0.3, -0.25) is 9.59 Å². The first kappa shape index (κ1) is 19.0. The van der Waals surface area contributed by atoms with Crippen molar-refractivity contribution in [1.82, 2.24) is 5.32 Å². The highest BCUT2D eigenvalue weighted by atomic mass is 16.5. The van der Waals surface area contributed by atoms with Gasteiger partial charge in [0.25, 0.3) is 0 Å². The molecule has 0 aromatic heterocycles. The quantitative estimate of drug-likeness (QED) is 0.854. The Labute approximate surface area is 160 Å². The summed E-state index contributed by atoms with van der Waals surface area (Å²) in [4.78, 5) is 27.0. The number of rotatable bonds is 6. The van der Waals surface area contributed by atoms with Gasteiger partial charge in [-0.1, -0.05) is 37.3 Å². The Bertz CT molecular complexity index is 830. The van der Waals surface area contributed by atoms with Gasteiger partial charge in [-0.2, -0.15) is 0 Å². The van der Waals surface area contributed by atoms with Crippen molar-refractivity contribution in [2.45, 2.75) is 33.2 Å². The smallest absolute Gasteiger partial charge is 0.227 e. The van der Waals surface area contributed by atoms with Crippen molar-refractivity contribution in [2.24, 2.45) is 5.92 Å². The van der Waals surface area contributed by atoms with E-state index in [4.69, 9.17) is 4.74 Å². The predicted octanol–water partition coefficient (Wildman–Crippen LogP) is 3.24. The number of anilines is 1. The van der Waals surface area contributed by atoms with Crippen LogP contribution >= 0.6 is 0 Å². The molecule has 0 saturated carbocycles. The topological polar surface area (TPSA) is 58.6 Å². The van der Waals surface area contributed by atoms with Crippen molar-refractivity contribution < 1.29 is 14.3 Å². The van der Waals surface area contributed by atoms with Crippen LogP contribution in [-0.2, 0) is 22.6 Å². The van der Waals surface area contributed by atoms with Gasteiger partial charge in [0, 0.05) is 25.2 Å². The largest absolute Gasteiger partial charge is 0.497 e.